The first-order valence-electron chi connectivity index (χ1n) is 8.21. The minimum atomic E-state index is 0.607. The molecule has 0 bridgehead atoms. The van der Waals surface area contributed by atoms with E-state index in [1.54, 1.807) is 0 Å². The van der Waals surface area contributed by atoms with Crippen LogP contribution in [0.15, 0.2) is 47.0 Å². The maximum atomic E-state index is 6.05. The molecule has 1 N–H and O–H groups in total. The fourth-order valence-corrected chi connectivity index (χ4v) is 3.24. The van der Waals surface area contributed by atoms with Gasteiger partial charge in [0.15, 0.2) is 6.33 Å². The Balaban J connectivity index is 1.72. The van der Waals surface area contributed by atoms with E-state index in [4.69, 9.17) is 16.1 Å². The molecule has 4 aromatic rings. The summed E-state index contributed by atoms with van der Waals surface area (Å²) in [4.78, 5) is 8.53. The molecule has 0 unspecified atom stereocenters. The highest BCUT2D eigenvalue weighted by atomic mass is 35.5. The Kier molecular flexibility index (Phi) is 4.31. The monoisotopic (exact) mass is 363 g/mol. The molecule has 0 aliphatic heterocycles. The summed E-state index contributed by atoms with van der Waals surface area (Å²) >= 11 is 6.05. The molecule has 0 amide bonds. The third-order valence-corrected chi connectivity index (χ3v) is 4.49. The van der Waals surface area contributed by atoms with Crippen LogP contribution in [0.25, 0.3) is 22.0 Å². The number of fused-ring (bicyclic) bond motifs is 1. The van der Waals surface area contributed by atoms with Gasteiger partial charge in [-0.25, -0.2) is 9.97 Å². The molecule has 2 heterocycles. The first-order valence-corrected chi connectivity index (χ1v) is 8.59. The Labute approximate surface area is 156 Å². The molecule has 0 fully saturated rings. The highest BCUT2D eigenvalue weighted by Crippen LogP contribution is 2.31. The van der Waals surface area contributed by atoms with Crippen LogP contribution in [0.1, 0.15) is 17.0 Å². The van der Waals surface area contributed by atoms with E-state index in [9.17, 15) is 0 Å². The SMILES string of the molecule is Cc1noc(C)c1-c1ccc2n[c]nc(NCc3cccc(Cl)c3)c2c1. The van der Waals surface area contributed by atoms with E-state index in [0.717, 1.165) is 44.9 Å². The van der Waals surface area contributed by atoms with Gasteiger partial charge in [-0.05, 0) is 49.2 Å². The van der Waals surface area contributed by atoms with Crippen LogP contribution < -0.4 is 5.32 Å². The Bertz CT molecular complexity index is 1070. The van der Waals surface area contributed by atoms with Gasteiger partial charge in [0.2, 0.25) is 0 Å². The van der Waals surface area contributed by atoms with Crippen molar-refractivity contribution in [3.63, 3.8) is 0 Å². The number of hydrogen-bond donors (Lipinski definition) is 1. The normalized spacial score (nSPS) is 11.0. The molecule has 6 heteroatoms. The van der Waals surface area contributed by atoms with Gasteiger partial charge in [-0.2, -0.15) is 0 Å². The highest BCUT2D eigenvalue weighted by molar-refractivity contribution is 6.30. The molecule has 1 radical (unpaired) electrons. The molecule has 2 aromatic carbocycles. The zero-order valence-corrected chi connectivity index (χ0v) is 15.1. The minimum absolute atomic E-state index is 0.607. The van der Waals surface area contributed by atoms with Crippen molar-refractivity contribution in [2.75, 3.05) is 5.32 Å². The molecular weight excluding hydrogens is 348 g/mol. The van der Waals surface area contributed by atoms with Crippen molar-refractivity contribution in [3.8, 4) is 11.1 Å². The van der Waals surface area contributed by atoms with Crippen LogP contribution in [-0.2, 0) is 6.54 Å². The van der Waals surface area contributed by atoms with Crippen LogP contribution >= 0.6 is 11.6 Å². The summed E-state index contributed by atoms with van der Waals surface area (Å²) in [6, 6.07) is 13.7. The molecule has 0 saturated heterocycles. The Hall–Kier alpha value is -2.92. The van der Waals surface area contributed by atoms with Crippen molar-refractivity contribution >= 4 is 28.3 Å². The second-order valence-corrected chi connectivity index (χ2v) is 6.52. The van der Waals surface area contributed by atoms with Gasteiger partial charge in [0, 0.05) is 22.5 Å². The highest BCUT2D eigenvalue weighted by Gasteiger charge is 2.13. The van der Waals surface area contributed by atoms with Gasteiger partial charge in [0.25, 0.3) is 0 Å². The molecule has 2 aromatic heterocycles. The van der Waals surface area contributed by atoms with Crippen LogP contribution in [0.2, 0.25) is 5.02 Å². The summed E-state index contributed by atoms with van der Waals surface area (Å²) in [5.74, 6) is 1.52. The average Bonchev–Trinajstić information content (AvgIpc) is 2.98. The first kappa shape index (κ1) is 16.5. The number of benzene rings is 2. The molecule has 26 heavy (non-hydrogen) atoms. The van der Waals surface area contributed by atoms with E-state index in [0.29, 0.717) is 11.6 Å². The number of rotatable bonds is 4. The zero-order chi connectivity index (χ0) is 18.1. The minimum Gasteiger partial charge on any atom is -0.365 e. The fraction of sp³-hybridized carbons (Fsp3) is 0.150. The molecule has 0 saturated carbocycles. The standard InChI is InChI=1S/C20H16ClN4O/c1-12-19(13(2)26-25-12)15-6-7-18-17(9-15)20(24-11-23-18)22-10-14-4-3-5-16(21)8-14/h3-9H,10H2,1-2H3,(H,22,23,24). The largest absolute Gasteiger partial charge is 0.365 e. The van der Waals surface area contributed by atoms with E-state index in [1.165, 1.54) is 0 Å². The van der Waals surface area contributed by atoms with Gasteiger partial charge in [-0.1, -0.05) is 35.0 Å². The number of anilines is 1. The Morgan fingerprint density at radius 1 is 1.12 bits per heavy atom. The van der Waals surface area contributed by atoms with Gasteiger partial charge in [0.1, 0.15) is 11.6 Å². The zero-order valence-electron chi connectivity index (χ0n) is 14.4. The van der Waals surface area contributed by atoms with Crippen LogP contribution in [0.5, 0.6) is 0 Å². The number of hydrogen-bond acceptors (Lipinski definition) is 5. The van der Waals surface area contributed by atoms with Gasteiger partial charge in [-0.3, -0.25) is 0 Å². The second-order valence-electron chi connectivity index (χ2n) is 6.09. The van der Waals surface area contributed by atoms with E-state index < -0.39 is 0 Å². The lowest BCUT2D eigenvalue weighted by molar-refractivity contribution is 0.393. The van der Waals surface area contributed by atoms with Gasteiger partial charge >= 0.3 is 0 Å². The number of aryl methyl sites for hydroxylation is 2. The quantitative estimate of drug-likeness (QED) is 0.554. The van der Waals surface area contributed by atoms with Gasteiger partial charge in [0.05, 0.1) is 11.2 Å². The second kappa shape index (κ2) is 6.77. The maximum absolute atomic E-state index is 6.05. The van der Waals surface area contributed by atoms with Gasteiger partial charge in [-0.15, -0.1) is 0 Å². The fourth-order valence-electron chi connectivity index (χ4n) is 3.03. The Morgan fingerprint density at radius 3 is 2.77 bits per heavy atom. The topological polar surface area (TPSA) is 63.8 Å². The lowest BCUT2D eigenvalue weighted by Gasteiger charge is -2.10. The molecular formula is C20H16ClN4O. The molecule has 129 valence electrons. The van der Waals surface area contributed by atoms with Crippen LogP contribution in [0, 0.1) is 20.2 Å². The average molecular weight is 364 g/mol. The summed E-state index contributed by atoms with van der Waals surface area (Å²) < 4.78 is 5.29. The summed E-state index contributed by atoms with van der Waals surface area (Å²) in [5.41, 5.74) is 4.78. The van der Waals surface area contributed by atoms with E-state index in [-0.39, 0.29) is 0 Å². The van der Waals surface area contributed by atoms with E-state index >= 15 is 0 Å². The lowest BCUT2D eigenvalue weighted by Crippen LogP contribution is -2.03. The van der Waals surface area contributed by atoms with Crippen molar-refractivity contribution in [3.05, 3.63) is 70.8 Å². The summed E-state index contributed by atoms with van der Waals surface area (Å²) in [6.45, 7) is 4.45. The number of nitrogens with zero attached hydrogens (tertiary/aromatic N) is 3. The predicted octanol–water partition coefficient (Wildman–Crippen LogP) is 4.97. The molecule has 5 nitrogen and oxygen atoms in total. The summed E-state index contributed by atoms with van der Waals surface area (Å²) in [6.07, 6.45) is 2.71. The molecule has 4 rings (SSSR count). The van der Waals surface area contributed by atoms with Crippen molar-refractivity contribution in [2.24, 2.45) is 0 Å². The van der Waals surface area contributed by atoms with E-state index in [2.05, 4.69) is 32.8 Å². The summed E-state index contributed by atoms with van der Waals surface area (Å²) in [7, 11) is 0. The molecule has 0 atom stereocenters. The number of aromatic nitrogens is 3. The van der Waals surface area contributed by atoms with Crippen molar-refractivity contribution in [1.82, 2.24) is 15.1 Å². The van der Waals surface area contributed by atoms with Crippen LogP contribution in [-0.4, -0.2) is 15.1 Å². The predicted molar refractivity (Wildman–Crippen MR) is 102 cm³/mol. The van der Waals surface area contributed by atoms with Crippen molar-refractivity contribution < 1.29 is 4.52 Å². The smallest absolute Gasteiger partial charge is 0.200 e. The molecule has 0 aliphatic carbocycles. The maximum Gasteiger partial charge on any atom is 0.200 e. The number of nitrogens with one attached hydrogen (secondary N) is 1. The molecule has 0 aliphatic rings. The molecule has 0 spiro atoms. The third kappa shape index (κ3) is 3.13. The summed E-state index contributed by atoms with van der Waals surface area (Å²) in [5, 5.41) is 9.02. The number of halogens is 1. The van der Waals surface area contributed by atoms with E-state index in [1.807, 2.05) is 50.2 Å². The first-order chi connectivity index (χ1) is 12.6. The lowest BCUT2D eigenvalue weighted by atomic mass is 10.0. The van der Waals surface area contributed by atoms with Crippen LogP contribution in [0.4, 0.5) is 5.82 Å². The van der Waals surface area contributed by atoms with Crippen LogP contribution in [0.3, 0.4) is 0 Å². The van der Waals surface area contributed by atoms with Crippen molar-refractivity contribution in [2.45, 2.75) is 20.4 Å². The third-order valence-electron chi connectivity index (χ3n) is 4.25. The van der Waals surface area contributed by atoms with Crippen molar-refractivity contribution in [1.29, 1.82) is 0 Å². The Morgan fingerprint density at radius 2 is 2.00 bits per heavy atom. The van der Waals surface area contributed by atoms with Gasteiger partial charge < -0.3 is 9.84 Å².